The first-order valence-corrected chi connectivity index (χ1v) is 10.3. The van der Waals surface area contributed by atoms with Crippen LogP contribution in [0.15, 0.2) is 18.5 Å². The maximum Gasteiger partial charge on any atom is 0.222 e. The summed E-state index contributed by atoms with van der Waals surface area (Å²) in [6.07, 6.45) is 6.20. The number of rotatable bonds is 6. The third-order valence-electron chi connectivity index (χ3n) is 6.16. The minimum Gasteiger partial charge on any atom is -0.388 e. The molecule has 0 aromatic carbocycles. The van der Waals surface area contributed by atoms with E-state index in [1.165, 1.54) is 0 Å². The lowest BCUT2D eigenvalue weighted by atomic mass is 9.73. The Hall–Kier alpha value is -1.93. The fourth-order valence-corrected chi connectivity index (χ4v) is 4.34. The number of aryl methyl sites for hydroxylation is 1. The van der Waals surface area contributed by atoms with Gasteiger partial charge in [0.05, 0.1) is 11.1 Å². The van der Waals surface area contributed by atoms with Crippen molar-refractivity contribution in [2.24, 2.45) is 0 Å². The Morgan fingerprint density at radius 3 is 2.71 bits per heavy atom. The van der Waals surface area contributed by atoms with E-state index in [1.807, 2.05) is 28.8 Å². The van der Waals surface area contributed by atoms with E-state index < -0.39 is 17.2 Å². The SMILES string of the molecule is CCC(=O)N[C@@]1(C)CCOC2(CCN(C(=O)CCCn3cccn3)CC2)[C@@H]1O. The maximum atomic E-state index is 12.5. The van der Waals surface area contributed by atoms with Gasteiger partial charge in [-0.2, -0.15) is 5.10 Å². The second-order valence-corrected chi connectivity index (χ2v) is 8.14. The average Bonchev–Trinajstić information content (AvgIpc) is 3.20. The molecule has 2 N–H and O–H groups in total. The Morgan fingerprint density at radius 1 is 1.32 bits per heavy atom. The van der Waals surface area contributed by atoms with Crippen LogP contribution in [0.25, 0.3) is 0 Å². The van der Waals surface area contributed by atoms with Gasteiger partial charge in [0, 0.05) is 51.5 Å². The van der Waals surface area contributed by atoms with Crippen molar-refractivity contribution in [1.82, 2.24) is 20.0 Å². The van der Waals surface area contributed by atoms with Crippen molar-refractivity contribution in [3.05, 3.63) is 18.5 Å². The van der Waals surface area contributed by atoms with Crippen molar-refractivity contribution in [1.29, 1.82) is 0 Å². The van der Waals surface area contributed by atoms with Gasteiger partial charge in [-0.05, 0) is 38.7 Å². The summed E-state index contributed by atoms with van der Waals surface area (Å²) in [6.45, 7) is 6.05. The number of ether oxygens (including phenoxy) is 1. The lowest BCUT2D eigenvalue weighted by molar-refractivity contribution is -0.208. The molecular formula is C20H32N4O4. The molecule has 0 saturated carbocycles. The van der Waals surface area contributed by atoms with Crippen molar-refractivity contribution < 1.29 is 19.4 Å². The third kappa shape index (κ3) is 4.38. The fourth-order valence-electron chi connectivity index (χ4n) is 4.34. The highest BCUT2D eigenvalue weighted by Gasteiger charge is 2.53. The molecule has 8 heteroatoms. The number of amides is 2. The van der Waals surface area contributed by atoms with E-state index in [4.69, 9.17) is 4.74 Å². The van der Waals surface area contributed by atoms with Crippen molar-refractivity contribution in [2.45, 2.75) is 76.2 Å². The maximum absolute atomic E-state index is 12.5. The highest BCUT2D eigenvalue weighted by atomic mass is 16.5. The van der Waals surface area contributed by atoms with E-state index in [-0.39, 0.29) is 11.8 Å². The lowest BCUT2D eigenvalue weighted by Crippen LogP contribution is -2.69. The van der Waals surface area contributed by atoms with E-state index in [2.05, 4.69) is 10.4 Å². The van der Waals surface area contributed by atoms with Crippen LogP contribution in [0.2, 0.25) is 0 Å². The number of hydrogen-bond acceptors (Lipinski definition) is 5. The van der Waals surface area contributed by atoms with Crippen LogP contribution >= 0.6 is 0 Å². The second-order valence-electron chi connectivity index (χ2n) is 8.14. The first kappa shape index (κ1) is 20.8. The van der Waals surface area contributed by atoms with Gasteiger partial charge in [0.1, 0.15) is 6.10 Å². The van der Waals surface area contributed by atoms with Gasteiger partial charge in [0.2, 0.25) is 11.8 Å². The van der Waals surface area contributed by atoms with Gasteiger partial charge in [0.15, 0.2) is 0 Å². The number of aliphatic hydroxyl groups is 1. The normalized spacial score (nSPS) is 27.0. The van der Waals surface area contributed by atoms with Gasteiger partial charge >= 0.3 is 0 Å². The fraction of sp³-hybridized carbons (Fsp3) is 0.750. The van der Waals surface area contributed by atoms with Gasteiger partial charge in [-0.15, -0.1) is 0 Å². The molecule has 2 fully saturated rings. The number of nitrogens with zero attached hydrogens (tertiary/aromatic N) is 3. The van der Waals surface area contributed by atoms with Crippen molar-refractivity contribution in [3.63, 3.8) is 0 Å². The molecule has 0 aliphatic carbocycles. The number of carbonyl (C=O) groups excluding carboxylic acids is 2. The summed E-state index contributed by atoms with van der Waals surface area (Å²) < 4.78 is 7.87. The number of carbonyl (C=O) groups is 2. The summed E-state index contributed by atoms with van der Waals surface area (Å²) in [5, 5.41) is 18.2. The van der Waals surface area contributed by atoms with Crippen LogP contribution in [0.3, 0.4) is 0 Å². The Bertz CT molecular complexity index is 670. The Balaban J connectivity index is 1.52. The van der Waals surface area contributed by atoms with Crippen LogP contribution in [-0.4, -0.2) is 68.5 Å². The van der Waals surface area contributed by atoms with Crippen molar-refractivity contribution in [2.75, 3.05) is 19.7 Å². The van der Waals surface area contributed by atoms with Gasteiger partial charge in [-0.3, -0.25) is 14.3 Å². The summed E-state index contributed by atoms with van der Waals surface area (Å²) >= 11 is 0. The molecule has 2 saturated heterocycles. The molecule has 0 unspecified atom stereocenters. The Labute approximate surface area is 166 Å². The van der Waals surface area contributed by atoms with Crippen molar-refractivity contribution in [3.8, 4) is 0 Å². The molecule has 2 aliphatic heterocycles. The van der Waals surface area contributed by atoms with Crippen LogP contribution in [0.5, 0.6) is 0 Å². The van der Waals surface area contributed by atoms with Crippen LogP contribution < -0.4 is 5.32 Å². The zero-order valence-electron chi connectivity index (χ0n) is 16.9. The van der Waals surface area contributed by atoms with Gasteiger partial charge < -0.3 is 20.1 Å². The zero-order valence-corrected chi connectivity index (χ0v) is 16.9. The number of nitrogens with one attached hydrogen (secondary N) is 1. The predicted octanol–water partition coefficient (Wildman–Crippen LogP) is 1.09. The number of aliphatic hydroxyl groups excluding tert-OH is 1. The molecule has 1 spiro atoms. The molecule has 156 valence electrons. The number of hydrogen-bond donors (Lipinski definition) is 2. The summed E-state index contributed by atoms with van der Waals surface area (Å²) in [7, 11) is 0. The standard InChI is InChI=1S/C20H32N4O4/c1-3-16(25)22-19(2)9-15-28-20(18(19)27)7-13-23(14-8-20)17(26)6-4-11-24-12-5-10-21-24/h5,10,12,18,27H,3-4,6-9,11,13-15H2,1-2H3,(H,22,25)/t18-,19+/m1/s1. The molecule has 1 aromatic heterocycles. The number of aromatic nitrogens is 2. The molecule has 2 atom stereocenters. The quantitative estimate of drug-likeness (QED) is 0.755. The van der Waals surface area contributed by atoms with Crippen LogP contribution in [0.4, 0.5) is 0 Å². The highest BCUT2D eigenvalue weighted by Crippen LogP contribution is 2.40. The molecule has 0 radical (unpaired) electrons. The van der Waals surface area contributed by atoms with Crippen LogP contribution in [0.1, 0.15) is 52.4 Å². The van der Waals surface area contributed by atoms with E-state index in [0.717, 1.165) is 13.0 Å². The molecule has 3 rings (SSSR count). The van der Waals surface area contributed by atoms with Crippen molar-refractivity contribution >= 4 is 11.8 Å². The van der Waals surface area contributed by atoms with Crippen LogP contribution in [0, 0.1) is 0 Å². The Kier molecular flexibility index (Phi) is 6.40. The molecule has 2 amide bonds. The second kappa shape index (κ2) is 8.61. The molecule has 3 heterocycles. The monoisotopic (exact) mass is 392 g/mol. The first-order chi connectivity index (χ1) is 13.4. The van der Waals surface area contributed by atoms with E-state index in [0.29, 0.717) is 51.8 Å². The smallest absolute Gasteiger partial charge is 0.222 e. The summed E-state index contributed by atoms with van der Waals surface area (Å²) in [5.41, 5.74) is -1.39. The summed E-state index contributed by atoms with van der Waals surface area (Å²) in [4.78, 5) is 26.3. The predicted molar refractivity (Wildman–Crippen MR) is 103 cm³/mol. The van der Waals surface area contributed by atoms with E-state index in [9.17, 15) is 14.7 Å². The van der Waals surface area contributed by atoms with Gasteiger partial charge in [-0.25, -0.2) is 0 Å². The molecule has 8 nitrogen and oxygen atoms in total. The largest absolute Gasteiger partial charge is 0.388 e. The minimum absolute atomic E-state index is 0.0663. The zero-order chi connectivity index (χ0) is 20.2. The topological polar surface area (TPSA) is 96.7 Å². The average molecular weight is 393 g/mol. The summed E-state index contributed by atoms with van der Waals surface area (Å²) in [6, 6.07) is 1.87. The van der Waals surface area contributed by atoms with Gasteiger partial charge in [-0.1, -0.05) is 6.92 Å². The third-order valence-corrected chi connectivity index (χ3v) is 6.16. The molecule has 1 aromatic rings. The molecule has 2 aliphatic rings. The minimum atomic E-state index is -0.790. The number of piperidine rings is 1. The molecule has 28 heavy (non-hydrogen) atoms. The van der Waals surface area contributed by atoms with E-state index >= 15 is 0 Å². The molecular weight excluding hydrogens is 360 g/mol. The summed E-state index contributed by atoms with van der Waals surface area (Å²) in [5.74, 6) is 0.0674. The Morgan fingerprint density at radius 2 is 2.07 bits per heavy atom. The first-order valence-electron chi connectivity index (χ1n) is 10.3. The highest BCUT2D eigenvalue weighted by molar-refractivity contribution is 5.77. The van der Waals surface area contributed by atoms with Gasteiger partial charge in [0.25, 0.3) is 0 Å². The van der Waals surface area contributed by atoms with Crippen LogP contribution in [-0.2, 0) is 20.9 Å². The lowest BCUT2D eigenvalue weighted by Gasteiger charge is -2.53. The van der Waals surface area contributed by atoms with E-state index in [1.54, 1.807) is 13.1 Å². The molecule has 0 bridgehead atoms. The number of likely N-dealkylation sites (tertiary alicyclic amines) is 1.